The summed E-state index contributed by atoms with van der Waals surface area (Å²) >= 11 is 0. The monoisotopic (exact) mass is 256 g/mol. The molecule has 19 heavy (non-hydrogen) atoms. The number of rotatable bonds is 6. The topological polar surface area (TPSA) is 49.8 Å². The van der Waals surface area contributed by atoms with Crippen molar-refractivity contribution in [3.63, 3.8) is 0 Å². The largest absolute Gasteiger partial charge is 0.369 e. The van der Waals surface area contributed by atoms with Crippen molar-refractivity contribution in [1.82, 2.24) is 9.97 Å². The Bertz CT molecular complexity index is 525. The van der Waals surface area contributed by atoms with E-state index >= 15 is 0 Å². The molecule has 0 unspecified atom stereocenters. The van der Waals surface area contributed by atoms with Crippen molar-refractivity contribution >= 4 is 11.6 Å². The number of hydrogen-bond donors (Lipinski definition) is 2. The van der Waals surface area contributed by atoms with Crippen molar-refractivity contribution in [2.75, 3.05) is 23.7 Å². The number of nitrogens with zero attached hydrogens (tertiary/aromatic N) is 2. The maximum Gasteiger partial charge on any atom is 0.146 e. The maximum atomic E-state index is 4.43. The minimum atomic E-state index is 0.809. The highest BCUT2D eigenvalue weighted by Crippen LogP contribution is 2.09. The molecule has 1 aromatic heterocycles. The van der Waals surface area contributed by atoms with Crippen molar-refractivity contribution in [1.29, 1.82) is 0 Å². The number of nitrogens with one attached hydrogen (secondary N) is 2. The van der Waals surface area contributed by atoms with Crippen molar-refractivity contribution < 1.29 is 0 Å². The zero-order valence-corrected chi connectivity index (χ0v) is 11.5. The van der Waals surface area contributed by atoms with Gasteiger partial charge in [-0.15, -0.1) is 0 Å². The normalized spacial score (nSPS) is 10.2. The molecule has 0 aliphatic heterocycles. The van der Waals surface area contributed by atoms with Gasteiger partial charge in [-0.05, 0) is 31.4 Å². The Morgan fingerprint density at radius 1 is 1.05 bits per heavy atom. The van der Waals surface area contributed by atoms with Crippen LogP contribution in [0.3, 0.4) is 0 Å². The minimum absolute atomic E-state index is 0.809. The molecule has 1 aromatic carbocycles. The average molecular weight is 256 g/mol. The molecule has 0 atom stereocenters. The summed E-state index contributed by atoms with van der Waals surface area (Å²) in [5.41, 5.74) is 2.70. The first-order valence-electron chi connectivity index (χ1n) is 6.64. The number of hydrogen-bond acceptors (Lipinski definition) is 4. The van der Waals surface area contributed by atoms with Crippen LogP contribution in [-0.2, 0) is 6.42 Å². The van der Waals surface area contributed by atoms with Crippen LogP contribution in [-0.4, -0.2) is 23.1 Å². The van der Waals surface area contributed by atoms with Gasteiger partial charge in [-0.3, -0.25) is 4.98 Å². The molecule has 4 heteroatoms. The van der Waals surface area contributed by atoms with E-state index in [9.17, 15) is 0 Å². The highest BCUT2D eigenvalue weighted by Gasteiger charge is 1.99. The van der Waals surface area contributed by atoms with Crippen molar-refractivity contribution in [2.24, 2.45) is 0 Å². The lowest BCUT2D eigenvalue weighted by atomic mass is 10.1. The number of aromatic nitrogens is 2. The smallest absolute Gasteiger partial charge is 0.146 e. The van der Waals surface area contributed by atoms with E-state index in [0.717, 1.165) is 31.1 Å². The Kier molecular flexibility index (Phi) is 4.72. The number of benzene rings is 1. The van der Waals surface area contributed by atoms with Gasteiger partial charge in [0.1, 0.15) is 11.6 Å². The molecule has 2 rings (SSSR count). The first-order valence-corrected chi connectivity index (χ1v) is 6.64. The molecule has 0 amide bonds. The summed E-state index contributed by atoms with van der Waals surface area (Å²) in [5.74, 6) is 1.62. The Hall–Kier alpha value is -2.10. The molecule has 0 aliphatic rings. The minimum Gasteiger partial charge on any atom is -0.369 e. The van der Waals surface area contributed by atoms with Crippen LogP contribution >= 0.6 is 0 Å². The van der Waals surface area contributed by atoms with E-state index in [1.54, 1.807) is 12.4 Å². The molecule has 0 saturated heterocycles. The highest BCUT2D eigenvalue weighted by molar-refractivity contribution is 5.41. The molecule has 0 radical (unpaired) electrons. The Morgan fingerprint density at radius 3 is 2.53 bits per heavy atom. The Balaban J connectivity index is 1.89. The SMILES string of the molecule is CCNc1cncc(NCCc2ccccc2C)n1. The van der Waals surface area contributed by atoms with Crippen LogP contribution < -0.4 is 10.6 Å². The molecule has 100 valence electrons. The van der Waals surface area contributed by atoms with Crippen molar-refractivity contribution in [2.45, 2.75) is 20.3 Å². The van der Waals surface area contributed by atoms with Gasteiger partial charge in [0.2, 0.25) is 0 Å². The second-order valence-electron chi connectivity index (χ2n) is 4.42. The first kappa shape index (κ1) is 13.3. The fourth-order valence-corrected chi connectivity index (χ4v) is 1.93. The standard InChI is InChI=1S/C15H20N4/c1-3-17-14-10-16-11-15(19-14)18-9-8-13-7-5-4-6-12(13)2/h4-7,10-11H,3,8-9H2,1-2H3,(H2,17,18,19). The van der Waals surface area contributed by atoms with Gasteiger partial charge in [0, 0.05) is 13.1 Å². The molecule has 0 spiro atoms. The van der Waals surface area contributed by atoms with E-state index in [0.29, 0.717) is 0 Å². The van der Waals surface area contributed by atoms with Crippen LogP contribution in [0.5, 0.6) is 0 Å². The van der Waals surface area contributed by atoms with Gasteiger partial charge in [-0.25, -0.2) is 4.98 Å². The third-order valence-electron chi connectivity index (χ3n) is 2.95. The lowest BCUT2D eigenvalue weighted by Gasteiger charge is -2.09. The van der Waals surface area contributed by atoms with Gasteiger partial charge in [-0.2, -0.15) is 0 Å². The summed E-state index contributed by atoms with van der Waals surface area (Å²) in [6.45, 7) is 5.89. The summed E-state index contributed by atoms with van der Waals surface area (Å²) in [7, 11) is 0. The molecule has 2 N–H and O–H groups in total. The quantitative estimate of drug-likeness (QED) is 0.834. The molecule has 0 fully saturated rings. The summed E-state index contributed by atoms with van der Waals surface area (Å²) < 4.78 is 0. The Labute approximate surface area is 114 Å². The average Bonchev–Trinajstić information content (AvgIpc) is 2.42. The van der Waals surface area contributed by atoms with Crippen molar-refractivity contribution in [3.8, 4) is 0 Å². The van der Waals surface area contributed by atoms with Gasteiger partial charge >= 0.3 is 0 Å². The zero-order valence-electron chi connectivity index (χ0n) is 11.5. The van der Waals surface area contributed by atoms with E-state index in [1.807, 2.05) is 6.92 Å². The summed E-state index contributed by atoms with van der Waals surface area (Å²) in [5, 5.41) is 6.46. The van der Waals surface area contributed by atoms with Crippen LogP contribution in [0.25, 0.3) is 0 Å². The third-order valence-corrected chi connectivity index (χ3v) is 2.95. The Morgan fingerprint density at radius 2 is 1.79 bits per heavy atom. The predicted molar refractivity (Wildman–Crippen MR) is 79.6 cm³/mol. The van der Waals surface area contributed by atoms with Gasteiger partial charge in [-0.1, -0.05) is 24.3 Å². The highest BCUT2D eigenvalue weighted by atomic mass is 15.1. The van der Waals surface area contributed by atoms with Crippen LogP contribution in [0.4, 0.5) is 11.6 Å². The molecule has 4 nitrogen and oxygen atoms in total. The molecular weight excluding hydrogens is 236 g/mol. The fraction of sp³-hybridized carbons (Fsp3) is 0.333. The number of aryl methyl sites for hydroxylation is 1. The van der Waals surface area contributed by atoms with E-state index in [2.05, 4.69) is 51.8 Å². The lowest BCUT2D eigenvalue weighted by Crippen LogP contribution is -2.09. The van der Waals surface area contributed by atoms with E-state index in [4.69, 9.17) is 0 Å². The maximum absolute atomic E-state index is 4.43. The van der Waals surface area contributed by atoms with Gasteiger partial charge in [0.25, 0.3) is 0 Å². The molecule has 0 bridgehead atoms. The fourth-order valence-electron chi connectivity index (χ4n) is 1.93. The third kappa shape index (κ3) is 3.95. The van der Waals surface area contributed by atoms with Gasteiger partial charge in [0.05, 0.1) is 12.4 Å². The summed E-state index contributed by atoms with van der Waals surface area (Å²) in [6, 6.07) is 8.45. The van der Waals surface area contributed by atoms with E-state index < -0.39 is 0 Å². The van der Waals surface area contributed by atoms with E-state index in [-0.39, 0.29) is 0 Å². The second kappa shape index (κ2) is 6.73. The summed E-state index contributed by atoms with van der Waals surface area (Å²) in [4.78, 5) is 8.59. The van der Waals surface area contributed by atoms with Crippen molar-refractivity contribution in [3.05, 3.63) is 47.8 Å². The molecule has 0 aliphatic carbocycles. The number of anilines is 2. The molecule has 0 saturated carbocycles. The molecular formula is C15H20N4. The predicted octanol–water partition coefficient (Wildman–Crippen LogP) is 2.87. The molecule has 1 heterocycles. The van der Waals surface area contributed by atoms with Crippen LogP contribution in [0.1, 0.15) is 18.1 Å². The molecule has 2 aromatic rings. The van der Waals surface area contributed by atoms with Crippen LogP contribution in [0.15, 0.2) is 36.7 Å². The zero-order chi connectivity index (χ0) is 13.5. The summed E-state index contributed by atoms with van der Waals surface area (Å²) in [6.07, 6.45) is 4.47. The van der Waals surface area contributed by atoms with Gasteiger partial charge in [0.15, 0.2) is 0 Å². The lowest BCUT2D eigenvalue weighted by molar-refractivity contribution is 0.986. The van der Waals surface area contributed by atoms with Crippen LogP contribution in [0, 0.1) is 6.92 Å². The second-order valence-corrected chi connectivity index (χ2v) is 4.42. The van der Waals surface area contributed by atoms with Gasteiger partial charge < -0.3 is 10.6 Å². The first-order chi connectivity index (χ1) is 9.29. The van der Waals surface area contributed by atoms with E-state index in [1.165, 1.54) is 11.1 Å². The van der Waals surface area contributed by atoms with Crippen LogP contribution in [0.2, 0.25) is 0 Å².